The molecule has 4 aromatic heterocycles. The highest BCUT2D eigenvalue weighted by Crippen LogP contribution is 2.35. The van der Waals surface area contributed by atoms with Gasteiger partial charge < -0.3 is 23.9 Å². The molecule has 0 radical (unpaired) electrons. The van der Waals surface area contributed by atoms with Crippen LogP contribution < -0.4 is 14.8 Å². The van der Waals surface area contributed by atoms with Gasteiger partial charge in [0.15, 0.2) is 5.89 Å². The van der Waals surface area contributed by atoms with Crippen LogP contribution in [0, 0.1) is 11.3 Å². The number of morpholine rings is 1. The minimum atomic E-state index is -0.277. The quantitative estimate of drug-likeness (QED) is 0.191. The fourth-order valence-electron chi connectivity index (χ4n) is 6.33. The molecular formula is C33H38N12O4. The zero-order valence-electron chi connectivity index (χ0n) is 27.3. The van der Waals surface area contributed by atoms with Gasteiger partial charge in [0.25, 0.3) is 5.88 Å². The van der Waals surface area contributed by atoms with E-state index in [1.54, 1.807) is 35.6 Å². The van der Waals surface area contributed by atoms with Gasteiger partial charge in [-0.25, -0.2) is 19.6 Å². The van der Waals surface area contributed by atoms with Gasteiger partial charge >= 0.3 is 0 Å². The number of rotatable bonds is 13. The van der Waals surface area contributed by atoms with Crippen molar-refractivity contribution in [2.24, 2.45) is 0 Å². The van der Waals surface area contributed by atoms with Crippen molar-refractivity contribution in [2.45, 2.75) is 63.8 Å². The van der Waals surface area contributed by atoms with Gasteiger partial charge in [-0.05, 0) is 60.7 Å². The van der Waals surface area contributed by atoms with Crippen molar-refractivity contribution in [1.82, 2.24) is 49.8 Å². The lowest BCUT2D eigenvalue weighted by molar-refractivity contribution is 0.00503. The standard InChI is InChI=1S/C33H38N12O4/c1-23(20-44-22-38-41-42-44)49-30-16-24(2-3-25(30)17-34)26-18-36-33(37-19-26)39-29-21-45(40-32(29)48-12-8-31-35-9-13-47-31)28-6-4-27(5-7-28)43-10-14-46-15-11-43/h2-3,9,13,16,18-19,21-23,27-28H,4-8,10-12,14-15,20H2,1H3,(H,36,37,39)/t23-,27?,28?/m0/s1. The molecule has 1 saturated carbocycles. The van der Waals surface area contributed by atoms with Crippen molar-refractivity contribution >= 4 is 11.6 Å². The summed E-state index contributed by atoms with van der Waals surface area (Å²) in [6.45, 7) is 6.33. The summed E-state index contributed by atoms with van der Waals surface area (Å²) in [6.07, 6.45) is 14.7. The van der Waals surface area contributed by atoms with Gasteiger partial charge in [-0.15, -0.1) is 10.2 Å². The maximum absolute atomic E-state index is 9.67. The fourth-order valence-corrected chi connectivity index (χ4v) is 6.33. The second-order valence-corrected chi connectivity index (χ2v) is 12.2. The first kappa shape index (κ1) is 32.2. The number of nitriles is 1. The van der Waals surface area contributed by atoms with Crippen LogP contribution in [0.2, 0.25) is 0 Å². The molecule has 1 aromatic carbocycles. The van der Waals surface area contributed by atoms with E-state index in [4.69, 9.17) is 23.7 Å². The molecule has 1 atom stereocenters. The zero-order valence-corrected chi connectivity index (χ0v) is 27.3. The number of aromatic nitrogens is 9. The Morgan fingerprint density at radius 3 is 2.61 bits per heavy atom. The summed E-state index contributed by atoms with van der Waals surface area (Å²) in [6, 6.07) is 8.46. The highest BCUT2D eigenvalue weighted by atomic mass is 16.5. The van der Waals surface area contributed by atoms with Crippen molar-refractivity contribution < 1.29 is 18.6 Å². The molecule has 2 aliphatic rings. The Hall–Kier alpha value is -5.40. The number of tetrazole rings is 1. The lowest BCUT2D eigenvalue weighted by atomic mass is 9.90. The maximum Gasteiger partial charge on any atom is 0.256 e. The molecule has 1 saturated heterocycles. The van der Waals surface area contributed by atoms with E-state index >= 15 is 0 Å². The summed E-state index contributed by atoms with van der Waals surface area (Å²) >= 11 is 0. The SMILES string of the molecule is C[C@@H](Cn1cnnn1)Oc1cc(-c2cnc(Nc3cn(C4CCC(N5CCOCC5)CC4)nc3OCCc3ncco3)nc2)ccc1C#N. The Balaban J connectivity index is 1.04. The minimum Gasteiger partial charge on any atom is -0.487 e. The Morgan fingerprint density at radius 1 is 1.06 bits per heavy atom. The first-order valence-electron chi connectivity index (χ1n) is 16.5. The van der Waals surface area contributed by atoms with Gasteiger partial charge in [0, 0.05) is 37.1 Å². The molecule has 254 valence electrons. The molecule has 2 fully saturated rings. The lowest BCUT2D eigenvalue weighted by Gasteiger charge is -2.38. The summed E-state index contributed by atoms with van der Waals surface area (Å²) in [5.74, 6) is 1.93. The fraction of sp³-hybridized carbons (Fsp3) is 0.455. The van der Waals surface area contributed by atoms with Gasteiger partial charge in [-0.2, -0.15) is 5.26 Å². The van der Waals surface area contributed by atoms with Crippen LogP contribution in [0.3, 0.4) is 0 Å². The number of hydrogen-bond donors (Lipinski definition) is 1. The monoisotopic (exact) mass is 666 g/mol. The highest BCUT2D eigenvalue weighted by Gasteiger charge is 2.29. The van der Waals surface area contributed by atoms with Gasteiger partial charge in [0.05, 0.1) is 56.8 Å². The molecule has 7 rings (SSSR count). The topological polar surface area (TPSA) is 180 Å². The number of nitrogens with zero attached hydrogens (tertiary/aromatic N) is 11. The molecule has 5 heterocycles. The van der Waals surface area contributed by atoms with Crippen LogP contribution >= 0.6 is 0 Å². The van der Waals surface area contributed by atoms with Crippen LogP contribution in [0.1, 0.15) is 50.1 Å². The molecule has 16 nitrogen and oxygen atoms in total. The van der Waals surface area contributed by atoms with Crippen molar-refractivity contribution in [3.8, 4) is 28.8 Å². The third-order valence-electron chi connectivity index (χ3n) is 8.84. The number of hydrogen-bond acceptors (Lipinski definition) is 14. The van der Waals surface area contributed by atoms with Crippen LogP contribution in [0.15, 0.2) is 60.0 Å². The molecular weight excluding hydrogens is 628 g/mol. The molecule has 1 aliphatic carbocycles. The smallest absolute Gasteiger partial charge is 0.256 e. The second-order valence-electron chi connectivity index (χ2n) is 12.2. The van der Waals surface area contributed by atoms with Gasteiger partial charge in [0.2, 0.25) is 5.95 Å². The second kappa shape index (κ2) is 15.2. The Labute approximate surface area is 283 Å². The van der Waals surface area contributed by atoms with Gasteiger partial charge in [-0.3, -0.25) is 9.58 Å². The number of anilines is 2. The summed E-state index contributed by atoms with van der Waals surface area (Å²) in [5, 5.41) is 29.0. The van der Waals surface area contributed by atoms with Crippen LogP contribution in [0.4, 0.5) is 11.6 Å². The van der Waals surface area contributed by atoms with Crippen LogP contribution in [0.5, 0.6) is 11.6 Å². The van der Waals surface area contributed by atoms with E-state index in [-0.39, 0.29) is 12.1 Å². The predicted octanol–water partition coefficient (Wildman–Crippen LogP) is 3.83. The Bertz CT molecular complexity index is 1810. The van der Waals surface area contributed by atoms with Crippen LogP contribution in [0.25, 0.3) is 11.1 Å². The van der Waals surface area contributed by atoms with Crippen molar-refractivity contribution in [2.75, 3.05) is 38.2 Å². The highest BCUT2D eigenvalue weighted by molar-refractivity contribution is 5.67. The minimum absolute atomic E-state index is 0.272. The summed E-state index contributed by atoms with van der Waals surface area (Å²) in [5.41, 5.74) is 2.68. The molecule has 0 unspecified atom stereocenters. The average molecular weight is 667 g/mol. The van der Waals surface area contributed by atoms with Crippen molar-refractivity contribution in [3.05, 3.63) is 67.0 Å². The van der Waals surface area contributed by atoms with E-state index in [1.165, 1.54) is 6.33 Å². The van der Waals surface area contributed by atoms with Gasteiger partial charge in [0.1, 0.15) is 36.2 Å². The maximum atomic E-state index is 9.67. The van der Waals surface area contributed by atoms with Gasteiger partial charge in [-0.1, -0.05) is 6.07 Å². The molecule has 0 amide bonds. The predicted molar refractivity (Wildman–Crippen MR) is 175 cm³/mol. The van der Waals surface area contributed by atoms with E-state index in [2.05, 4.69) is 46.8 Å². The van der Waals surface area contributed by atoms with Crippen LogP contribution in [-0.2, 0) is 17.7 Å². The van der Waals surface area contributed by atoms with Crippen molar-refractivity contribution in [3.63, 3.8) is 0 Å². The molecule has 5 aromatic rings. The summed E-state index contributed by atoms with van der Waals surface area (Å²) < 4.78 is 26.8. The number of nitrogens with one attached hydrogen (secondary N) is 1. The molecule has 49 heavy (non-hydrogen) atoms. The zero-order chi connectivity index (χ0) is 33.4. The van der Waals surface area contributed by atoms with E-state index in [1.807, 2.05) is 29.9 Å². The lowest BCUT2D eigenvalue weighted by Crippen LogP contribution is -2.45. The number of ether oxygens (including phenoxy) is 3. The third kappa shape index (κ3) is 8.02. The Morgan fingerprint density at radius 2 is 1.88 bits per heavy atom. The largest absolute Gasteiger partial charge is 0.487 e. The Kier molecular flexibility index (Phi) is 9.99. The van der Waals surface area contributed by atoms with Crippen LogP contribution in [-0.4, -0.2) is 94.9 Å². The van der Waals surface area contributed by atoms with E-state index in [0.29, 0.717) is 60.3 Å². The number of oxazole rings is 1. The average Bonchev–Trinajstić information content (AvgIpc) is 3.93. The molecule has 0 spiro atoms. The molecule has 16 heteroatoms. The molecule has 1 N–H and O–H groups in total. The summed E-state index contributed by atoms with van der Waals surface area (Å²) in [4.78, 5) is 15.9. The van der Waals surface area contributed by atoms with E-state index in [9.17, 15) is 5.26 Å². The summed E-state index contributed by atoms with van der Waals surface area (Å²) in [7, 11) is 0. The van der Waals surface area contributed by atoms with Crippen molar-refractivity contribution in [1.29, 1.82) is 5.26 Å². The normalized spacial score (nSPS) is 18.9. The van der Waals surface area contributed by atoms with E-state index < -0.39 is 0 Å². The van der Waals surface area contributed by atoms with E-state index in [0.717, 1.165) is 63.1 Å². The molecule has 1 aliphatic heterocycles. The first-order valence-corrected chi connectivity index (χ1v) is 16.5. The third-order valence-corrected chi connectivity index (χ3v) is 8.84. The first-order chi connectivity index (χ1) is 24.1. The molecule has 0 bridgehead atoms. The number of benzene rings is 1.